The lowest BCUT2D eigenvalue weighted by Gasteiger charge is -2.29. The molecule has 1 aliphatic rings. The first kappa shape index (κ1) is 16.4. The maximum Gasteiger partial charge on any atom is 0.269 e. The van der Waals surface area contributed by atoms with Crippen LogP contribution in [0, 0.1) is 10.1 Å². The van der Waals surface area contributed by atoms with Crippen molar-refractivity contribution in [3.63, 3.8) is 0 Å². The van der Waals surface area contributed by atoms with Gasteiger partial charge in [0.1, 0.15) is 5.75 Å². The van der Waals surface area contributed by atoms with Gasteiger partial charge in [-0.2, -0.15) is 0 Å². The van der Waals surface area contributed by atoms with Crippen LogP contribution in [0.3, 0.4) is 0 Å². The van der Waals surface area contributed by atoms with E-state index in [9.17, 15) is 14.9 Å². The van der Waals surface area contributed by atoms with Gasteiger partial charge in [-0.3, -0.25) is 14.9 Å². The van der Waals surface area contributed by atoms with Gasteiger partial charge < -0.3 is 9.64 Å². The number of amides is 1. The molecule has 6 nitrogen and oxygen atoms in total. The van der Waals surface area contributed by atoms with Crippen LogP contribution in [0.4, 0.5) is 11.4 Å². The van der Waals surface area contributed by atoms with E-state index in [0.717, 1.165) is 28.6 Å². The Kier molecular flexibility index (Phi) is 4.80. The summed E-state index contributed by atoms with van der Waals surface area (Å²) in [6.45, 7) is 0.560. The van der Waals surface area contributed by atoms with Gasteiger partial charge in [0, 0.05) is 28.8 Å². The molecule has 2 aromatic carbocycles. The number of aryl methyl sites for hydroxylation is 1. The molecule has 7 heteroatoms. The summed E-state index contributed by atoms with van der Waals surface area (Å²) in [6, 6.07) is 11.6. The van der Waals surface area contributed by atoms with E-state index in [1.807, 2.05) is 18.2 Å². The SMILES string of the molecule is O=C(COc1ccc([N+](=O)[O-])cc1)N1CCCc2cc(Br)ccc21. The summed E-state index contributed by atoms with van der Waals surface area (Å²) in [7, 11) is 0. The van der Waals surface area contributed by atoms with Crippen LogP contribution in [-0.2, 0) is 11.2 Å². The number of nitro groups is 1. The predicted molar refractivity (Wildman–Crippen MR) is 93.4 cm³/mol. The summed E-state index contributed by atoms with van der Waals surface area (Å²) >= 11 is 3.45. The second-order valence-corrected chi connectivity index (χ2v) is 6.38. The molecule has 0 saturated heterocycles. The number of halogens is 1. The lowest BCUT2D eigenvalue weighted by atomic mass is 10.0. The average molecular weight is 391 g/mol. The molecule has 0 bridgehead atoms. The lowest BCUT2D eigenvalue weighted by molar-refractivity contribution is -0.384. The molecule has 1 amide bonds. The molecule has 1 aliphatic heterocycles. The van der Waals surface area contributed by atoms with Crippen LogP contribution >= 0.6 is 15.9 Å². The van der Waals surface area contributed by atoms with Crippen molar-refractivity contribution in [3.05, 3.63) is 62.6 Å². The third kappa shape index (κ3) is 3.56. The highest BCUT2D eigenvalue weighted by atomic mass is 79.9. The number of carbonyl (C=O) groups excluding carboxylic acids is 1. The largest absolute Gasteiger partial charge is 0.484 e. The Morgan fingerprint density at radius 2 is 2.00 bits per heavy atom. The fraction of sp³-hybridized carbons (Fsp3) is 0.235. The fourth-order valence-electron chi connectivity index (χ4n) is 2.71. The third-order valence-electron chi connectivity index (χ3n) is 3.87. The number of nitrogens with zero attached hydrogens (tertiary/aromatic N) is 2. The smallest absolute Gasteiger partial charge is 0.269 e. The van der Waals surface area contributed by atoms with Gasteiger partial charge in [0.15, 0.2) is 6.61 Å². The Labute approximate surface area is 147 Å². The summed E-state index contributed by atoms with van der Waals surface area (Å²) in [5.74, 6) is 0.304. The number of non-ortho nitro benzene ring substituents is 1. The van der Waals surface area contributed by atoms with Crippen LogP contribution in [0.25, 0.3) is 0 Å². The highest BCUT2D eigenvalue weighted by Gasteiger charge is 2.23. The molecule has 0 saturated carbocycles. The summed E-state index contributed by atoms with van der Waals surface area (Å²) < 4.78 is 6.47. The summed E-state index contributed by atoms with van der Waals surface area (Å²) in [5.41, 5.74) is 2.05. The zero-order chi connectivity index (χ0) is 17.1. The minimum atomic E-state index is -0.474. The predicted octanol–water partition coefficient (Wildman–Crippen LogP) is 3.72. The second kappa shape index (κ2) is 7.00. The van der Waals surface area contributed by atoms with Crippen molar-refractivity contribution in [2.24, 2.45) is 0 Å². The van der Waals surface area contributed by atoms with Gasteiger partial charge in [-0.25, -0.2) is 0 Å². The van der Waals surface area contributed by atoms with Crippen LogP contribution < -0.4 is 9.64 Å². The van der Waals surface area contributed by atoms with E-state index >= 15 is 0 Å². The number of carbonyl (C=O) groups is 1. The molecule has 0 spiro atoms. The minimum Gasteiger partial charge on any atom is -0.484 e. The Balaban J connectivity index is 1.67. The van der Waals surface area contributed by atoms with E-state index in [1.165, 1.54) is 24.3 Å². The first-order valence-electron chi connectivity index (χ1n) is 7.50. The molecule has 0 N–H and O–H groups in total. The van der Waals surface area contributed by atoms with Crippen LogP contribution in [0.5, 0.6) is 5.75 Å². The quantitative estimate of drug-likeness (QED) is 0.588. The standard InChI is InChI=1S/C17H15BrN2O4/c18-13-3-8-16-12(10-13)2-1-9-19(16)17(21)11-24-15-6-4-14(5-7-15)20(22)23/h3-8,10H,1-2,9,11H2. The summed E-state index contributed by atoms with van der Waals surface area (Å²) in [5, 5.41) is 10.6. The van der Waals surface area contributed by atoms with Crippen LogP contribution in [0.2, 0.25) is 0 Å². The highest BCUT2D eigenvalue weighted by molar-refractivity contribution is 9.10. The Hall–Kier alpha value is -2.41. The van der Waals surface area contributed by atoms with Gasteiger partial charge in [0.2, 0.25) is 0 Å². The van der Waals surface area contributed by atoms with Crippen molar-refractivity contribution in [2.75, 3.05) is 18.1 Å². The maximum atomic E-state index is 12.5. The van der Waals surface area contributed by atoms with E-state index in [4.69, 9.17) is 4.74 Å². The molecule has 24 heavy (non-hydrogen) atoms. The van der Waals surface area contributed by atoms with Crippen molar-refractivity contribution in [1.29, 1.82) is 0 Å². The Bertz CT molecular complexity index is 777. The lowest BCUT2D eigenvalue weighted by Crippen LogP contribution is -2.38. The number of ether oxygens (including phenoxy) is 1. The monoisotopic (exact) mass is 390 g/mol. The molecule has 0 aliphatic carbocycles. The Morgan fingerprint density at radius 1 is 1.25 bits per heavy atom. The van der Waals surface area contributed by atoms with Gasteiger partial charge in [0.25, 0.3) is 11.6 Å². The number of nitro benzene ring substituents is 1. The maximum absolute atomic E-state index is 12.5. The number of hydrogen-bond acceptors (Lipinski definition) is 4. The zero-order valence-corrected chi connectivity index (χ0v) is 14.4. The Morgan fingerprint density at radius 3 is 2.71 bits per heavy atom. The van der Waals surface area contributed by atoms with Gasteiger partial charge >= 0.3 is 0 Å². The van der Waals surface area contributed by atoms with E-state index in [-0.39, 0.29) is 18.2 Å². The van der Waals surface area contributed by atoms with Crippen molar-refractivity contribution < 1.29 is 14.5 Å². The fourth-order valence-corrected chi connectivity index (χ4v) is 3.12. The molecule has 3 rings (SSSR count). The van der Waals surface area contributed by atoms with Gasteiger partial charge in [-0.15, -0.1) is 0 Å². The molecule has 2 aromatic rings. The van der Waals surface area contributed by atoms with E-state index in [0.29, 0.717) is 12.3 Å². The van der Waals surface area contributed by atoms with E-state index in [1.54, 1.807) is 4.90 Å². The summed E-state index contributed by atoms with van der Waals surface area (Å²) in [6.07, 6.45) is 1.86. The molecular formula is C17H15BrN2O4. The molecule has 0 aromatic heterocycles. The molecule has 0 fully saturated rings. The highest BCUT2D eigenvalue weighted by Crippen LogP contribution is 2.30. The van der Waals surface area contributed by atoms with Crippen molar-refractivity contribution >= 4 is 33.2 Å². The molecule has 124 valence electrons. The minimum absolute atomic E-state index is 0.00999. The van der Waals surface area contributed by atoms with Crippen LogP contribution in [0.15, 0.2) is 46.9 Å². The van der Waals surface area contributed by atoms with Crippen molar-refractivity contribution in [3.8, 4) is 5.75 Å². The normalized spacial score (nSPS) is 13.3. The number of anilines is 1. The number of rotatable bonds is 4. The zero-order valence-electron chi connectivity index (χ0n) is 12.8. The average Bonchev–Trinajstić information content (AvgIpc) is 2.59. The topological polar surface area (TPSA) is 72.7 Å². The number of fused-ring (bicyclic) bond motifs is 1. The van der Waals surface area contributed by atoms with Crippen LogP contribution in [-0.4, -0.2) is 24.0 Å². The number of hydrogen-bond donors (Lipinski definition) is 0. The van der Waals surface area contributed by atoms with E-state index < -0.39 is 4.92 Å². The number of benzene rings is 2. The first-order valence-corrected chi connectivity index (χ1v) is 8.30. The van der Waals surface area contributed by atoms with Crippen LogP contribution in [0.1, 0.15) is 12.0 Å². The second-order valence-electron chi connectivity index (χ2n) is 5.46. The van der Waals surface area contributed by atoms with E-state index in [2.05, 4.69) is 15.9 Å². The van der Waals surface area contributed by atoms with Gasteiger partial charge in [0.05, 0.1) is 4.92 Å². The van der Waals surface area contributed by atoms with Gasteiger partial charge in [-0.05, 0) is 48.7 Å². The van der Waals surface area contributed by atoms with Gasteiger partial charge in [-0.1, -0.05) is 15.9 Å². The molecule has 0 unspecified atom stereocenters. The molecule has 0 radical (unpaired) electrons. The first-order chi connectivity index (χ1) is 11.5. The summed E-state index contributed by atoms with van der Waals surface area (Å²) in [4.78, 5) is 24.4. The van der Waals surface area contributed by atoms with Crippen molar-refractivity contribution in [1.82, 2.24) is 0 Å². The molecular weight excluding hydrogens is 376 g/mol. The van der Waals surface area contributed by atoms with Crippen molar-refractivity contribution in [2.45, 2.75) is 12.8 Å². The third-order valence-corrected chi connectivity index (χ3v) is 4.36. The molecule has 0 atom stereocenters. The molecule has 1 heterocycles.